The summed E-state index contributed by atoms with van der Waals surface area (Å²) in [4.78, 5) is 26.1. The SMILES string of the molecule is C[C@@H](OC(=O)c1ccc2c(c1)CCN2S(C)(=O)=O)C(=O)C12CC3CC(CC(C3)C1)C2. The summed E-state index contributed by atoms with van der Waals surface area (Å²) < 4.78 is 30.8. The Kier molecular flexibility index (Phi) is 4.55. The summed E-state index contributed by atoms with van der Waals surface area (Å²) >= 11 is 0. The lowest BCUT2D eigenvalue weighted by Crippen LogP contribution is -2.52. The lowest BCUT2D eigenvalue weighted by atomic mass is 9.48. The molecular formula is C23H29NO5S. The van der Waals surface area contributed by atoms with Crippen LogP contribution in [0.15, 0.2) is 18.2 Å². The van der Waals surface area contributed by atoms with Gasteiger partial charge in [-0.1, -0.05) is 0 Å². The number of sulfonamides is 1. The average molecular weight is 432 g/mol. The fourth-order valence-corrected chi connectivity index (χ4v) is 7.93. The maximum absolute atomic E-state index is 13.4. The van der Waals surface area contributed by atoms with E-state index in [9.17, 15) is 18.0 Å². The van der Waals surface area contributed by atoms with E-state index in [2.05, 4.69) is 0 Å². The van der Waals surface area contributed by atoms with Crippen LogP contribution in [0.2, 0.25) is 0 Å². The number of ketones is 1. The van der Waals surface area contributed by atoms with Gasteiger partial charge in [-0.25, -0.2) is 13.2 Å². The van der Waals surface area contributed by atoms with Gasteiger partial charge in [0.05, 0.1) is 17.5 Å². The highest BCUT2D eigenvalue weighted by Gasteiger charge is 2.55. The van der Waals surface area contributed by atoms with Crippen molar-refractivity contribution in [2.24, 2.45) is 23.2 Å². The van der Waals surface area contributed by atoms with E-state index >= 15 is 0 Å². The van der Waals surface area contributed by atoms with Crippen molar-refractivity contribution in [2.75, 3.05) is 17.1 Å². The van der Waals surface area contributed by atoms with Crippen molar-refractivity contribution >= 4 is 27.5 Å². The van der Waals surface area contributed by atoms with Crippen molar-refractivity contribution in [3.8, 4) is 0 Å². The Labute approximate surface area is 178 Å². The summed E-state index contributed by atoms with van der Waals surface area (Å²) in [6, 6.07) is 4.95. The maximum Gasteiger partial charge on any atom is 0.338 e. The quantitative estimate of drug-likeness (QED) is 0.668. The van der Waals surface area contributed by atoms with Crippen LogP contribution in [0.3, 0.4) is 0 Å². The zero-order valence-corrected chi connectivity index (χ0v) is 18.4. The molecule has 1 atom stereocenters. The minimum atomic E-state index is -3.33. The molecule has 4 fully saturated rings. The fraction of sp³-hybridized carbons (Fsp3) is 0.652. The molecule has 0 N–H and O–H groups in total. The monoisotopic (exact) mass is 431 g/mol. The number of carbonyl (C=O) groups is 2. The predicted molar refractivity (Wildman–Crippen MR) is 113 cm³/mol. The van der Waals surface area contributed by atoms with Crippen LogP contribution in [-0.2, 0) is 26.0 Å². The fourth-order valence-electron chi connectivity index (χ4n) is 6.97. The van der Waals surface area contributed by atoms with E-state index in [1.165, 1.54) is 29.8 Å². The largest absolute Gasteiger partial charge is 0.451 e. The molecule has 0 spiro atoms. The number of hydrogen-bond donors (Lipinski definition) is 0. The smallest absolute Gasteiger partial charge is 0.338 e. The first-order valence-electron chi connectivity index (χ1n) is 11.0. The highest BCUT2D eigenvalue weighted by molar-refractivity contribution is 7.92. The van der Waals surface area contributed by atoms with E-state index < -0.39 is 22.1 Å². The summed E-state index contributed by atoms with van der Waals surface area (Å²) in [5.74, 6) is 1.58. The van der Waals surface area contributed by atoms with E-state index in [1.54, 1.807) is 25.1 Å². The Balaban J connectivity index is 1.30. The molecule has 162 valence electrons. The summed E-state index contributed by atoms with van der Waals surface area (Å²) in [5.41, 5.74) is 1.51. The van der Waals surface area contributed by atoms with Gasteiger partial charge in [0.25, 0.3) is 0 Å². The number of benzene rings is 1. The van der Waals surface area contributed by atoms with Gasteiger partial charge in [-0.2, -0.15) is 0 Å². The average Bonchev–Trinajstić information content (AvgIpc) is 3.09. The van der Waals surface area contributed by atoms with Gasteiger partial charge in [-0.3, -0.25) is 9.10 Å². The molecule has 0 radical (unpaired) electrons. The third-order valence-electron chi connectivity index (χ3n) is 7.78. The van der Waals surface area contributed by atoms with E-state index in [1.807, 2.05) is 0 Å². The van der Waals surface area contributed by atoms with Crippen molar-refractivity contribution in [3.63, 3.8) is 0 Å². The number of fused-ring (bicyclic) bond motifs is 1. The van der Waals surface area contributed by atoms with Gasteiger partial charge in [-0.15, -0.1) is 0 Å². The molecule has 1 aliphatic heterocycles. The Morgan fingerprint density at radius 1 is 1.10 bits per heavy atom. The van der Waals surface area contributed by atoms with Crippen LogP contribution >= 0.6 is 0 Å². The lowest BCUT2D eigenvalue weighted by Gasteiger charge is -2.56. The second-order valence-corrected chi connectivity index (χ2v) is 11.9. The van der Waals surface area contributed by atoms with Crippen molar-refractivity contribution < 1.29 is 22.7 Å². The number of rotatable bonds is 5. The number of nitrogens with zero attached hydrogens (tertiary/aromatic N) is 1. The standard InChI is InChI=1S/C23H29NO5S/c1-14(21(25)23-11-15-7-16(12-23)9-17(8-15)13-23)29-22(26)19-3-4-20-18(10-19)5-6-24(20)30(2,27)28/h3-4,10,14-17H,5-9,11-13H2,1-2H3/t14-,15?,16?,17?,23?/m1/s1. The highest BCUT2D eigenvalue weighted by atomic mass is 32.2. The molecule has 1 heterocycles. The number of esters is 1. The summed E-state index contributed by atoms with van der Waals surface area (Å²) in [7, 11) is -3.33. The lowest BCUT2D eigenvalue weighted by molar-refractivity contribution is -0.152. The molecule has 0 saturated heterocycles. The Hall–Kier alpha value is -1.89. The van der Waals surface area contributed by atoms with Crippen LogP contribution in [-0.4, -0.2) is 39.1 Å². The van der Waals surface area contributed by atoms with Crippen LogP contribution in [0.25, 0.3) is 0 Å². The number of Topliss-reactive ketones (excluding diaryl/α,β-unsaturated/α-hetero) is 1. The third kappa shape index (κ3) is 3.26. The molecule has 6 rings (SSSR count). The van der Waals surface area contributed by atoms with Gasteiger partial charge in [0.15, 0.2) is 11.9 Å². The molecule has 4 aliphatic carbocycles. The predicted octanol–water partition coefficient (Wildman–Crippen LogP) is 3.34. The van der Waals surface area contributed by atoms with Gasteiger partial charge in [0, 0.05) is 12.0 Å². The molecule has 7 heteroatoms. The van der Waals surface area contributed by atoms with Crippen LogP contribution in [0.4, 0.5) is 5.69 Å². The minimum absolute atomic E-state index is 0.0966. The molecule has 4 saturated carbocycles. The number of hydrogen-bond acceptors (Lipinski definition) is 5. The van der Waals surface area contributed by atoms with E-state index in [4.69, 9.17) is 4.74 Å². The summed E-state index contributed by atoms with van der Waals surface area (Å²) in [5, 5.41) is 0. The molecular weight excluding hydrogens is 402 g/mol. The minimum Gasteiger partial charge on any atom is -0.451 e. The molecule has 0 aromatic heterocycles. The number of carbonyl (C=O) groups excluding carboxylic acids is 2. The van der Waals surface area contributed by atoms with Crippen molar-refractivity contribution in [2.45, 2.75) is 58.0 Å². The topological polar surface area (TPSA) is 80.8 Å². The van der Waals surface area contributed by atoms with Crippen LogP contribution in [0.1, 0.15) is 61.4 Å². The van der Waals surface area contributed by atoms with Gasteiger partial charge in [0.1, 0.15) is 0 Å². The first-order chi connectivity index (χ1) is 14.1. The highest BCUT2D eigenvalue weighted by Crippen LogP contribution is 2.60. The molecule has 1 aromatic carbocycles. The molecule has 6 nitrogen and oxygen atoms in total. The maximum atomic E-state index is 13.4. The second-order valence-electron chi connectivity index (χ2n) is 10.0. The molecule has 5 aliphatic rings. The Morgan fingerprint density at radius 2 is 1.70 bits per heavy atom. The number of ether oxygens (including phenoxy) is 1. The van der Waals surface area contributed by atoms with Crippen LogP contribution < -0.4 is 4.31 Å². The van der Waals surface area contributed by atoms with Crippen molar-refractivity contribution in [1.82, 2.24) is 0 Å². The van der Waals surface area contributed by atoms with E-state index in [0.29, 0.717) is 42.0 Å². The van der Waals surface area contributed by atoms with Crippen LogP contribution in [0.5, 0.6) is 0 Å². The third-order valence-corrected chi connectivity index (χ3v) is 8.96. The van der Waals surface area contributed by atoms with Crippen molar-refractivity contribution in [1.29, 1.82) is 0 Å². The zero-order chi connectivity index (χ0) is 21.3. The summed E-state index contributed by atoms with van der Waals surface area (Å²) in [6.45, 7) is 2.09. The Bertz CT molecular complexity index is 979. The summed E-state index contributed by atoms with van der Waals surface area (Å²) in [6.07, 6.45) is 7.66. The van der Waals surface area contributed by atoms with E-state index in [-0.39, 0.29) is 11.2 Å². The zero-order valence-electron chi connectivity index (χ0n) is 17.6. The van der Waals surface area contributed by atoms with Gasteiger partial charge in [0.2, 0.25) is 10.0 Å². The molecule has 30 heavy (non-hydrogen) atoms. The van der Waals surface area contributed by atoms with Crippen LogP contribution in [0, 0.1) is 23.2 Å². The molecule has 0 amide bonds. The first kappa shape index (κ1) is 20.0. The Morgan fingerprint density at radius 3 is 2.27 bits per heavy atom. The molecule has 1 aromatic rings. The molecule has 4 bridgehead atoms. The second kappa shape index (κ2) is 6.81. The van der Waals surface area contributed by atoms with E-state index in [0.717, 1.165) is 24.8 Å². The normalized spacial score (nSPS) is 32.7. The number of anilines is 1. The first-order valence-corrected chi connectivity index (χ1v) is 12.9. The molecule has 0 unspecified atom stereocenters. The van der Waals surface area contributed by atoms with Gasteiger partial charge < -0.3 is 4.74 Å². The van der Waals surface area contributed by atoms with Gasteiger partial charge >= 0.3 is 5.97 Å². The van der Waals surface area contributed by atoms with Gasteiger partial charge in [-0.05, 0) is 93.4 Å². The van der Waals surface area contributed by atoms with Crippen molar-refractivity contribution in [3.05, 3.63) is 29.3 Å².